The van der Waals surface area contributed by atoms with E-state index in [1.54, 1.807) is 11.6 Å². The zero-order valence-corrected chi connectivity index (χ0v) is 13.0. The van der Waals surface area contributed by atoms with E-state index in [-0.39, 0.29) is 5.69 Å². The number of amides is 2. The summed E-state index contributed by atoms with van der Waals surface area (Å²) < 4.78 is 1.58. The Balaban J connectivity index is 2.30. The Morgan fingerprint density at radius 2 is 1.77 bits per heavy atom. The van der Waals surface area contributed by atoms with E-state index in [1.165, 1.54) is 13.8 Å². The first-order chi connectivity index (χ1) is 10.2. The smallest absolute Gasteiger partial charge is 0.274 e. The summed E-state index contributed by atoms with van der Waals surface area (Å²) in [7, 11) is 0. The fourth-order valence-electron chi connectivity index (χ4n) is 1.87. The van der Waals surface area contributed by atoms with Gasteiger partial charge in [0.1, 0.15) is 5.54 Å². The number of nitrogens with two attached hydrogens (primary N) is 1. The molecule has 1 aromatic heterocycles. The summed E-state index contributed by atoms with van der Waals surface area (Å²) in [5.74, 6) is -1.11. The molecule has 2 amide bonds. The lowest BCUT2D eigenvalue weighted by Gasteiger charge is -2.21. The normalized spacial score (nSPS) is 11.3. The van der Waals surface area contributed by atoms with Crippen molar-refractivity contribution in [1.29, 1.82) is 0 Å². The molecule has 0 atom stereocenters. The second-order valence-electron chi connectivity index (χ2n) is 5.71. The quantitative estimate of drug-likeness (QED) is 0.874. The van der Waals surface area contributed by atoms with Crippen molar-refractivity contribution >= 4 is 11.8 Å². The Kier molecular flexibility index (Phi) is 3.99. The first-order valence-electron chi connectivity index (χ1n) is 6.84. The van der Waals surface area contributed by atoms with E-state index in [2.05, 4.69) is 15.6 Å². The van der Waals surface area contributed by atoms with E-state index in [1.807, 2.05) is 31.2 Å². The van der Waals surface area contributed by atoms with Gasteiger partial charge in [-0.15, -0.1) is 5.10 Å². The number of carbonyl (C=O) groups is 2. The number of aromatic nitrogens is 3. The lowest BCUT2D eigenvalue weighted by atomic mass is 10.0. The molecule has 0 radical (unpaired) electrons. The van der Waals surface area contributed by atoms with E-state index in [0.29, 0.717) is 5.69 Å². The van der Waals surface area contributed by atoms with Crippen LogP contribution < -0.4 is 11.1 Å². The molecule has 3 N–H and O–H groups in total. The standard InChI is InChI=1S/C15H19N5O2/c1-9-5-7-11(8-6-9)20-10(2)12(18-19-20)13(21)17-15(3,4)14(16)22/h5-8H,1-4H3,(H2,16,22)(H,17,21). The molecule has 1 aromatic carbocycles. The van der Waals surface area contributed by atoms with Crippen LogP contribution in [0.15, 0.2) is 24.3 Å². The predicted octanol–water partition coefficient (Wildman–Crippen LogP) is 0.878. The van der Waals surface area contributed by atoms with Gasteiger partial charge in [0.15, 0.2) is 5.69 Å². The largest absolute Gasteiger partial charge is 0.368 e. The van der Waals surface area contributed by atoms with Crippen LogP contribution in [-0.2, 0) is 4.79 Å². The van der Waals surface area contributed by atoms with Gasteiger partial charge in [0.05, 0.1) is 11.4 Å². The minimum absolute atomic E-state index is 0.162. The summed E-state index contributed by atoms with van der Waals surface area (Å²) in [5, 5.41) is 10.5. The van der Waals surface area contributed by atoms with Gasteiger partial charge < -0.3 is 11.1 Å². The van der Waals surface area contributed by atoms with Crippen LogP contribution in [-0.4, -0.2) is 32.3 Å². The summed E-state index contributed by atoms with van der Waals surface area (Å²) in [6.07, 6.45) is 0. The van der Waals surface area contributed by atoms with Crippen LogP contribution in [0.3, 0.4) is 0 Å². The third-order valence-electron chi connectivity index (χ3n) is 3.43. The van der Waals surface area contributed by atoms with Crippen molar-refractivity contribution in [2.75, 3.05) is 0 Å². The average molecular weight is 301 g/mol. The number of hydrogen-bond acceptors (Lipinski definition) is 4. The van der Waals surface area contributed by atoms with E-state index in [9.17, 15) is 9.59 Å². The number of rotatable bonds is 4. The Bertz CT molecular complexity index is 716. The number of benzene rings is 1. The van der Waals surface area contributed by atoms with Crippen LogP contribution in [0.4, 0.5) is 0 Å². The van der Waals surface area contributed by atoms with Crippen LogP contribution in [0.5, 0.6) is 0 Å². The second-order valence-corrected chi connectivity index (χ2v) is 5.71. The molecule has 0 spiro atoms. The monoisotopic (exact) mass is 301 g/mol. The molecule has 1 heterocycles. The van der Waals surface area contributed by atoms with Crippen LogP contribution in [0.2, 0.25) is 0 Å². The van der Waals surface area contributed by atoms with Crippen LogP contribution in [0.1, 0.15) is 35.6 Å². The maximum Gasteiger partial charge on any atom is 0.274 e. The molecule has 0 aliphatic heterocycles. The molecule has 2 rings (SSSR count). The number of nitrogens with zero attached hydrogens (tertiary/aromatic N) is 3. The van der Waals surface area contributed by atoms with Crippen molar-refractivity contribution in [3.05, 3.63) is 41.2 Å². The average Bonchev–Trinajstić information content (AvgIpc) is 2.81. The molecule has 0 saturated heterocycles. The van der Waals surface area contributed by atoms with Gasteiger partial charge in [-0.05, 0) is 39.8 Å². The molecule has 22 heavy (non-hydrogen) atoms. The van der Waals surface area contributed by atoms with Crippen molar-refractivity contribution in [3.63, 3.8) is 0 Å². The minimum Gasteiger partial charge on any atom is -0.368 e. The topological polar surface area (TPSA) is 103 Å². The number of nitrogens with one attached hydrogen (secondary N) is 1. The first-order valence-corrected chi connectivity index (χ1v) is 6.84. The summed E-state index contributed by atoms with van der Waals surface area (Å²) >= 11 is 0. The molecule has 0 saturated carbocycles. The van der Waals surface area contributed by atoms with Gasteiger partial charge in [-0.2, -0.15) is 0 Å². The number of aryl methyl sites for hydroxylation is 1. The fourth-order valence-corrected chi connectivity index (χ4v) is 1.87. The first kappa shape index (κ1) is 15.7. The van der Waals surface area contributed by atoms with Crippen molar-refractivity contribution in [2.45, 2.75) is 33.2 Å². The van der Waals surface area contributed by atoms with Crippen LogP contribution in [0.25, 0.3) is 5.69 Å². The molecule has 0 aliphatic rings. The van der Waals surface area contributed by atoms with E-state index < -0.39 is 17.4 Å². The Labute approximate surface area is 128 Å². The number of carbonyl (C=O) groups excluding carboxylic acids is 2. The van der Waals surface area contributed by atoms with Gasteiger partial charge in [0.2, 0.25) is 5.91 Å². The van der Waals surface area contributed by atoms with Gasteiger partial charge in [-0.1, -0.05) is 22.9 Å². The van der Waals surface area contributed by atoms with Gasteiger partial charge in [0.25, 0.3) is 5.91 Å². The predicted molar refractivity (Wildman–Crippen MR) is 81.6 cm³/mol. The zero-order valence-electron chi connectivity index (χ0n) is 13.0. The molecule has 0 aliphatic carbocycles. The summed E-state index contributed by atoms with van der Waals surface area (Å²) in [5.41, 5.74) is 6.78. The SMILES string of the molecule is Cc1ccc(-n2nnc(C(=O)NC(C)(C)C(N)=O)c2C)cc1. The molecule has 0 bridgehead atoms. The summed E-state index contributed by atoms with van der Waals surface area (Å²) in [6.45, 7) is 6.80. The van der Waals surface area contributed by atoms with Gasteiger partial charge >= 0.3 is 0 Å². The van der Waals surface area contributed by atoms with E-state index >= 15 is 0 Å². The lowest BCUT2D eigenvalue weighted by Crippen LogP contribution is -2.53. The molecular formula is C15H19N5O2. The number of primary amides is 1. The third kappa shape index (κ3) is 2.98. The fraction of sp³-hybridized carbons (Fsp3) is 0.333. The second kappa shape index (κ2) is 5.59. The van der Waals surface area contributed by atoms with Gasteiger partial charge in [-0.3, -0.25) is 9.59 Å². The number of hydrogen-bond donors (Lipinski definition) is 2. The highest BCUT2D eigenvalue weighted by atomic mass is 16.2. The molecule has 0 fully saturated rings. The molecule has 7 heteroatoms. The van der Waals surface area contributed by atoms with Crippen molar-refractivity contribution in [1.82, 2.24) is 20.3 Å². The lowest BCUT2D eigenvalue weighted by molar-refractivity contribution is -0.122. The zero-order chi connectivity index (χ0) is 16.5. The van der Waals surface area contributed by atoms with E-state index in [4.69, 9.17) is 5.73 Å². The maximum absolute atomic E-state index is 12.2. The van der Waals surface area contributed by atoms with Crippen molar-refractivity contribution < 1.29 is 9.59 Å². The highest BCUT2D eigenvalue weighted by Crippen LogP contribution is 2.14. The molecule has 7 nitrogen and oxygen atoms in total. The highest BCUT2D eigenvalue weighted by Gasteiger charge is 2.29. The highest BCUT2D eigenvalue weighted by molar-refractivity contribution is 5.97. The molecule has 0 unspecified atom stereocenters. The Morgan fingerprint density at radius 3 is 2.32 bits per heavy atom. The van der Waals surface area contributed by atoms with Gasteiger partial charge in [0, 0.05) is 0 Å². The maximum atomic E-state index is 12.2. The molecule has 116 valence electrons. The van der Waals surface area contributed by atoms with Crippen molar-refractivity contribution in [3.8, 4) is 5.69 Å². The van der Waals surface area contributed by atoms with E-state index in [0.717, 1.165) is 11.3 Å². The summed E-state index contributed by atoms with van der Waals surface area (Å²) in [6, 6.07) is 7.69. The van der Waals surface area contributed by atoms with Crippen molar-refractivity contribution in [2.24, 2.45) is 5.73 Å². The van der Waals surface area contributed by atoms with Gasteiger partial charge in [-0.25, -0.2) is 4.68 Å². The van der Waals surface area contributed by atoms with Crippen LogP contribution >= 0.6 is 0 Å². The molecule has 2 aromatic rings. The molecular weight excluding hydrogens is 282 g/mol. The summed E-state index contributed by atoms with van der Waals surface area (Å²) in [4.78, 5) is 23.5. The minimum atomic E-state index is -1.16. The van der Waals surface area contributed by atoms with Crippen LogP contribution in [0, 0.1) is 13.8 Å². The Morgan fingerprint density at radius 1 is 1.18 bits per heavy atom. The Hall–Kier alpha value is -2.70. The third-order valence-corrected chi connectivity index (χ3v) is 3.43.